The van der Waals surface area contributed by atoms with Crippen molar-refractivity contribution in [2.75, 3.05) is 0 Å². The van der Waals surface area contributed by atoms with E-state index in [2.05, 4.69) is 0 Å². The fourth-order valence-electron chi connectivity index (χ4n) is 1.05. The Morgan fingerprint density at radius 1 is 1.42 bits per heavy atom. The molecule has 0 spiro atoms. The van der Waals surface area contributed by atoms with E-state index in [-0.39, 0.29) is 0 Å². The SMILES string of the molecule is Cc1cc(C(F)(F)F)[n+](C)n1C. The average Bonchev–Trinajstić information content (AvgIpc) is 2.15. The van der Waals surface area contributed by atoms with Crippen molar-refractivity contribution in [3.05, 3.63) is 17.5 Å². The molecule has 0 radical (unpaired) electrons. The van der Waals surface area contributed by atoms with Crippen molar-refractivity contribution in [2.24, 2.45) is 14.1 Å². The van der Waals surface area contributed by atoms with Crippen LogP contribution in [0.1, 0.15) is 11.4 Å². The summed E-state index contributed by atoms with van der Waals surface area (Å²) < 4.78 is 39.1. The molecule has 1 aromatic heterocycles. The molecule has 0 aliphatic rings. The normalized spacial score (nSPS) is 12.2. The van der Waals surface area contributed by atoms with E-state index >= 15 is 0 Å². The molecule has 12 heavy (non-hydrogen) atoms. The van der Waals surface area contributed by atoms with Gasteiger partial charge in [0.1, 0.15) is 0 Å². The highest BCUT2D eigenvalue weighted by Gasteiger charge is 2.42. The van der Waals surface area contributed by atoms with Gasteiger partial charge in [-0.1, -0.05) is 0 Å². The summed E-state index contributed by atoms with van der Waals surface area (Å²) in [6, 6.07) is 1.12. The van der Waals surface area contributed by atoms with Crippen molar-refractivity contribution in [2.45, 2.75) is 13.1 Å². The van der Waals surface area contributed by atoms with Gasteiger partial charge < -0.3 is 0 Å². The van der Waals surface area contributed by atoms with Crippen LogP contribution < -0.4 is 4.68 Å². The fraction of sp³-hybridized carbons (Fsp3) is 0.571. The Morgan fingerprint density at radius 2 is 1.92 bits per heavy atom. The maximum atomic E-state index is 12.2. The molecular formula is C7H10F3N2+. The number of nitrogens with zero attached hydrogens (tertiary/aromatic N) is 2. The first kappa shape index (κ1) is 9.09. The molecule has 0 aliphatic carbocycles. The first-order valence-corrected chi connectivity index (χ1v) is 3.44. The summed E-state index contributed by atoms with van der Waals surface area (Å²) in [7, 11) is 2.97. The van der Waals surface area contributed by atoms with E-state index < -0.39 is 11.9 Å². The fourth-order valence-corrected chi connectivity index (χ4v) is 1.05. The van der Waals surface area contributed by atoms with E-state index in [1.165, 1.54) is 11.7 Å². The molecule has 1 heterocycles. The van der Waals surface area contributed by atoms with Gasteiger partial charge in [-0.15, -0.1) is 4.68 Å². The Hall–Kier alpha value is -1.00. The van der Waals surface area contributed by atoms with Crippen LogP contribution in [0, 0.1) is 6.92 Å². The zero-order valence-corrected chi connectivity index (χ0v) is 7.11. The number of hydrogen-bond acceptors (Lipinski definition) is 0. The van der Waals surface area contributed by atoms with Crippen LogP contribution in [0.25, 0.3) is 0 Å². The number of halogens is 3. The number of hydrogen-bond donors (Lipinski definition) is 0. The minimum Gasteiger partial charge on any atom is -0.161 e. The predicted octanol–water partition coefficient (Wildman–Crippen LogP) is 1.18. The number of rotatable bonds is 0. The van der Waals surface area contributed by atoms with Crippen molar-refractivity contribution in [1.82, 2.24) is 4.68 Å². The van der Waals surface area contributed by atoms with Gasteiger partial charge in [0.05, 0.1) is 12.7 Å². The van der Waals surface area contributed by atoms with Crippen molar-refractivity contribution in [1.29, 1.82) is 0 Å². The maximum Gasteiger partial charge on any atom is 0.479 e. The molecule has 0 aromatic carbocycles. The molecule has 5 heteroatoms. The van der Waals surface area contributed by atoms with Gasteiger partial charge in [0.15, 0.2) is 7.05 Å². The summed E-state index contributed by atoms with van der Waals surface area (Å²) in [4.78, 5) is 0. The standard InChI is InChI=1S/C7H10F3N2/c1-5-4-6(7(8,9)10)12(3)11(5)2/h4H,1-3H3/q+1. The molecule has 68 valence electrons. The van der Waals surface area contributed by atoms with Crippen LogP contribution in [0.4, 0.5) is 13.2 Å². The van der Waals surface area contributed by atoms with Crippen molar-refractivity contribution >= 4 is 0 Å². The largest absolute Gasteiger partial charge is 0.479 e. The van der Waals surface area contributed by atoms with Gasteiger partial charge in [-0.25, -0.2) is 0 Å². The van der Waals surface area contributed by atoms with Gasteiger partial charge in [0.2, 0.25) is 0 Å². The second kappa shape index (κ2) is 2.50. The Labute approximate surface area is 68.2 Å². The van der Waals surface area contributed by atoms with Crippen LogP contribution in [-0.2, 0) is 20.3 Å². The third kappa shape index (κ3) is 1.31. The lowest BCUT2D eigenvalue weighted by Crippen LogP contribution is -2.43. The third-order valence-electron chi connectivity index (χ3n) is 1.95. The lowest BCUT2D eigenvalue weighted by molar-refractivity contribution is -0.766. The summed E-state index contributed by atoms with van der Waals surface area (Å²) in [5.74, 6) is 0. The van der Waals surface area contributed by atoms with Crippen molar-refractivity contribution in [3.8, 4) is 0 Å². The molecule has 0 saturated heterocycles. The van der Waals surface area contributed by atoms with Crippen LogP contribution >= 0.6 is 0 Å². The van der Waals surface area contributed by atoms with Crippen LogP contribution in [0.15, 0.2) is 6.07 Å². The van der Waals surface area contributed by atoms with E-state index in [1.807, 2.05) is 0 Å². The third-order valence-corrected chi connectivity index (χ3v) is 1.95. The van der Waals surface area contributed by atoms with E-state index in [0.29, 0.717) is 5.69 Å². The van der Waals surface area contributed by atoms with Gasteiger partial charge in [-0.2, -0.15) is 17.9 Å². The Bertz CT molecular complexity index is 298. The molecule has 0 amide bonds. The second-order valence-corrected chi connectivity index (χ2v) is 2.72. The first-order valence-electron chi connectivity index (χ1n) is 3.44. The minimum absolute atomic E-state index is 0.588. The number of aromatic nitrogens is 2. The zero-order valence-electron chi connectivity index (χ0n) is 7.11. The van der Waals surface area contributed by atoms with Crippen LogP contribution in [0.3, 0.4) is 0 Å². The smallest absolute Gasteiger partial charge is 0.161 e. The highest BCUT2D eigenvalue weighted by atomic mass is 19.4. The van der Waals surface area contributed by atoms with Crippen LogP contribution in [-0.4, -0.2) is 4.68 Å². The molecule has 1 aromatic rings. The summed E-state index contributed by atoms with van der Waals surface area (Å²) in [5.41, 5.74) is -0.0349. The lowest BCUT2D eigenvalue weighted by atomic mass is 10.3. The molecule has 0 N–H and O–H groups in total. The zero-order chi connectivity index (χ0) is 9.52. The van der Waals surface area contributed by atoms with Gasteiger partial charge in [-0.3, -0.25) is 0 Å². The second-order valence-electron chi connectivity index (χ2n) is 2.72. The quantitative estimate of drug-likeness (QED) is 0.529. The highest BCUT2D eigenvalue weighted by molar-refractivity contribution is 5.05. The molecule has 0 bridgehead atoms. The van der Waals surface area contributed by atoms with Gasteiger partial charge in [-0.05, 0) is 6.92 Å². The maximum absolute atomic E-state index is 12.2. The predicted molar refractivity (Wildman–Crippen MR) is 36.3 cm³/mol. The Kier molecular flexibility index (Phi) is 1.89. The van der Waals surface area contributed by atoms with Crippen molar-refractivity contribution < 1.29 is 17.9 Å². The molecule has 0 aliphatic heterocycles. The van der Waals surface area contributed by atoms with Crippen molar-refractivity contribution in [3.63, 3.8) is 0 Å². The molecule has 0 unspecified atom stereocenters. The monoisotopic (exact) mass is 179 g/mol. The molecule has 0 fully saturated rings. The summed E-state index contributed by atoms with van der Waals surface area (Å²) in [5, 5.41) is 0. The summed E-state index contributed by atoms with van der Waals surface area (Å²) in [6.45, 7) is 1.63. The Balaban J connectivity index is 3.28. The minimum atomic E-state index is -4.26. The highest BCUT2D eigenvalue weighted by Crippen LogP contribution is 2.26. The van der Waals surface area contributed by atoms with E-state index in [9.17, 15) is 13.2 Å². The van der Waals surface area contributed by atoms with E-state index in [0.717, 1.165) is 10.7 Å². The lowest BCUT2D eigenvalue weighted by Gasteiger charge is -1.99. The van der Waals surface area contributed by atoms with Crippen LogP contribution in [0.5, 0.6) is 0 Å². The topological polar surface area (TPSA) is 8.81 Å². The molecular weight excluding hydrogens is 169 g/mol. The van der Waals surface area contributed by atoms with Gasteiger partial charge >= 0.3 is 11.9 Å². The molecule has 0 saturated carbocycles. The number of alkyl halides is 3. The average molecular weight is 179 g/mol. The van der Waals surface area contributed by atoms with Crippen LogP contribution in [0.2, 0.25) is 0 Å². The molecule has 1 rings (SSSR count). The van der Waals surface area contributed by atoms with E-state index in [1.54, 1.807) is 14.0 Å². The van der Waals surface area contributed by atoms with E-state index in [4.69, 9.17) is 0 Å². The Morgan fingerprint density at radius 3 is 2.08 bits per heavy atom. The first-order chi connectivity index (χ1) is 5.34. The van der Waals surface area contributed by atoms with Gasteiger partial charge in [0.25, 0.3) is 0 Å². The summed E-state index contributed by atoms with van der Waals surface area (Å²) in [6.07, 6.45) is -4.26. The molecule has 0 atom stereocenters. The van der Waals surface area contributed by atoms with Gasteiger partial charge in [0, 0.05) is 6.07 Å². The molecule has 2 nitrogen and oxygen atoms in total. The summed E-state index contributed by atoms with van der Waals surface area (Å²) >= 11 is 0. The number of aryl methyl sites for hydroxylation is 1.